The average molecular weight is 652 g/mol. The smallest absolute Gasteiger partial charge is 0.137 e. The summed E-state index contributed by atoms with van der Waals surface area (Å²) in [5, 5.41) is 2.25. The summed E-state index contributed by atoms with van der Waals surface area (Å²) in [5.41, 5.74) is 14.6. The number of anilines is 3. The number of nitrogens with zero attached hydrogens (tertiary/aromatic N) is 1. The van der Waals surface area contributed by atoms with Crippen LogP contribution in [0.4, 0.5) is 17.1 Å². The highest BCUT2D eigenvalue weighted by atomic mass is 16.3. The van der Waals surface area contributed by atoms with E-state index in [1.165, 1.54) is 44.5 Å². The van der Waals surface area contributed by atoms with E-state index < -0.39 is 5.41 Å². The van der Waals surface area contributed by atoms with Crippen LogP contribution >= 0.6 is 0 Å². The molecule has 2 heteroatoms. The van der Waals surface area contributed by atoms with Gasteiger partial charge in [0.1, 0.15) is 11.2 Å². The van der Waals surface area contributed by atoms with Crippen molar-refractivity contribution in [1.29, 1.82) is 0 Å². The fourth-order valence-corrected chi connectivity index (χ4v) is 8.42. The molecule has 8 aromatic carbocycles. The van der Waals surface area contributed by atoms with Gasteiger partial charge in [-0.3, -0.25) is 0 Å². The molecular formula is C49H33NO. The molecule has 0 unspecified atom stereocenters. The molecule has 0 bridgehead atoms. The van der Waals surface area contributed by atoms with Crippen LogP contribution in [0.25, 0.3) is 44.2 Å². The van der Waals surface area contributed by atoms with Gasteiger partial charge in [0, 0.05) is 33.9 Å². The molecule has 0 aliphatic heterocycles. The fourth-order valence-electron chi connectivity index (χ4n) is 8.42. The predicted octanol–water partition coefficient (Wildman–Crippen LogP) is 13.1. The van der Waals surface area contributed by atoms with Crippen molar-refractivity contribution in [2.45, 2.75) is 5.41 Å². The van der Waals surface area contributed by atoms with Crippen LogP contribution < -0.4 is 4.90 Å². The molecule has 1 aromatic heterocycles. The summed E-state index contributed by atoms with van der Waals surface area (Å²) in [7, 11) is 0. The van der Waals surface area contributed by atoms with Crippen molar-refractivity contribution in [2.75, 3.05) is 4.90 Å². The van der Waals surface area contributed by atoms with Crippen LogP contribution in [0, 0.1) is 0 Å². The number of hydrogen-bond acceptors (Lipinski definition) is 2. The molecule has 0 radical (unpaired) electrons. The number of benzene rings is 8. The van der Waals surface area contributed by atoms with Crippen molar-refractivity contribution in [1.82, 2.24) is 0 Å². The van der Waals surface area contributed by atoms with E-state index in [0.717, 1.165) is 39.0 Å². The normalized spacial score (nSPS) is 12.9. The second kappa shape index (κ2) is 11.8. The lowest BCUT2D eigenvalue weighted by Gasteiger charge is -2.34. The quantitative estimate of drug-likeness (QED) is 0.178. The topological polar surface area (TPSA) is 16.4 Å². The Morgan fingerprint density at radius 1 is 0.373 bits per heavy atom. The van der Waals surface area contributed by atoms with Crippen LogP contribution in [0.5, 0.6) is 0 Å². The molecule has 0 spiro atoms. The maximum absolute atomic E-state index is 6.36. The van der Waals surface area contributed by atoms with E-state index in [9.17, 15) is 0 Å². The van der Waals surface area contributed by atoms with Crippen LogP contribution in [0.1, 0.15) is 22.3 Å². The molecule has 51 heavy (non-hydrogen) atoms. The molecule has 0 saturated carbocycles. The molecular weight excluding hydrogens is 619 g/mol. The molecule has 10 rings (SSSR count). The average Bonchev–Trinajstić information content (AvgIpc) is 3.73. The Hall–Kier alpha value is -6.64. The van der Waals surface area contributed by atoms with Crippen molar-refractivity contribution in [3.8, 4) is 22.3 Å². The van der Waals surface area contributed by atoms with Crippen molar-refractivity contribution in [3.05, 3.63) is 222 Å². The third-order valence-electron chi connectivity index (χ3n) is 10.5. The molecule has 0 N–H and O–H groups in total. The zero-order valence-corrected chi connectivity index (χ0v) is 27.9. The number of rotatable bonds is 6. The molecule has 2 nitrogen and oxygen atoms in total. The Kier molecular flexibility index (Phi) is 6.75. The van der Waals surface area contributed by atoms with E-state index in [-0.39, 0.29) is 0 Å². The van der Waals surface area contributed by atoms with E-state index >= 15 is 0 Å². The summed E-state index contributed by atoms with van der Waals surface area (Å²) in [6.45, 7) is 0. The Bertz CT molecular complexity index is 2650. The molecule has 0 amide bonds. The number of para-hydroxylation sites is 2. The first-order chi connectivity index (χ1) is 25.3. The second-order valence-electron chi connectivity index (χ2n) is 13.3. The lowest BCUT2D eigenvalue weighted by Crippen LogP contribution is -2.28. The Balaban J connectivity index is 1.18. The third kappa shape index (κ3) is 4.50. The van der Waals surface area contributed by atoms with Gasteiger partial charge in [0.15, 0.2) is 0 Å². The van der Waals surface area contributed by atoms with Gasteiger partial charge in [0.25, 0.3) is 0 Å². The first kappa shape index (κ1) is 29.3. The zero-order valence-electron chi connectivity index (χ0n) is 27.9. The third-order valence-corrected chi connectivity index (χ3v) is 10.5. The van der Waals surface area contributed by atoms with E-state index in [1.807, 2.05) is 12.1 Å². The first-order valence-corrected chi connectivity index (χ1v) is 17.5. The predicted molar refractivity (Wildman–Crippen MR) is 211 cm³/mol. The molecule has 1 heterocycles. The van der Waals surface area contributed by atoms with Crippen molar-refractivity contribution in [3.63, 3.8) is 0 Å². The van der Waals surface area contributed by atoms with Gasteiger partial charge >= 0.3 is 0 Å². The summed E-state index contributed by atoms with van der Waals surface area (Å²) in [6, 6.07) is 72.2. The largest absolute Gasteiger partial charge is 0.456 e. The van der Waals surface area contributed by atoms with Gasteiger partial charge in [0.2, 0.25) is 0 Å². The molecule has 1 aliphatic rings. The van der Waals surface area contributed by atoms with Crippen molar-refractivity contribution >= 4 is 39.0 Å². The maximum Gasteiger partial charge on any atom is 0.137 e. The lowest BCUT2D eigenvalue weighted by atomic mass is 9.67. The monoisotopic (exact) mass is 651 g/mol. The number of fused-ring (bicyclic) bond motifs is 6. The molecule has 9 aromatic rings. The molecule has 0 saturated heterocycles. The van der Waals surface area contributed by atoms with Crippen LogP contribution in [-0.2, 0) is 5.41 Å². The zero-order chi connectivity index (χ0) is 33.8. The molecule has 0 fully saturated rings. The summed E-state index contributed by atoms with van der Waals surface area (Å²) in [5.74, 6) is 0. The highest BCUT2D eigenvalue weighted by Gasteiger charge is 2.46. The Labute approximate surface area is 297 Å². The first-order valence-electron chi connectivity index (χ1n) is 17.5. The minimum Gasteiger partial charge on any atom is -0.456 e. The highest BCUT2D eigenvalue weighted by Crippen LogP contribution is 2.58. The van der Waals surface area contributed by atoms with Gasteiger partial charge in [-0.2, -0.15) is 0 Å². The van der Waals surface area contributed by atoms with Gasteiger partial charge in [-0.1, -0.05) is 152 Å². The number of furan rings is 1. The second-order valence-corrected chi connectivity index (χ2v) is 13.3. The van der Waals surface area contributed by atoms with Gasteiger partial charge < -0.3 is 9.32 Å². The number of hydrogen-bond donors (Lipinski definition) is 0. The SMILES string of the molecule is c1ccc(N(c2cccc(-c3cccc4c3-c3ccccc3C4(c3ccccc3)c3ccccc3)c2)c2ccc3c(c2)oc2ccccc23)cc1. The standard InChI is InChI=1S/C49H33NO/c1-4-17-35(18-5-1)49(36-19-6-2-7-20-36)44-27-12-10-25-43(44)48-40(26-15-28-45(48)49)34-16-14-23-38(32-34)50(37-21-8-3-9-22-37)39-30-31-42-41-24-11-13-29-46(41)51-47(42)33-39/h1-33H. The lowest BCUT2D eigenvalue weighted by molar-refractivity contribution is 0.669. The summed E-state index contributed by atoms with van der Waals surface area (Å²) >= 11 is 0. The van der Waals surface area contributed by atoms with E-state index in [2.05, 4.69) is 193 Å². The molecule has 0 atom stereocenters. The van der Waals surface area contributed by atoms with Gasteiger partial charge in [-0.25, -0.2) is 0 Å². The van der Waals surface area contributed by atoms with Crippen LogP contribution in [0.15, 0.2) is 205 Å². The van der Waals surface area contributed by atoms with Crippen LogP contribution in [0.2, 0.25) is 0 Å². The fraction of sp³-hybridized carbons (Fsp3) is 0.0204. The van der Waals surface area contributed by atoms with Crippen molar-refractivity contribution in [2.24, 2.45) is 0 Å². The van der Waals surface area contributed by atoms with Gasteiger partial charge in [0.05, 0.1) is 5.41 Å². The minimum atomic E-state index is -0.444. The van der Waals surface area contributed by atoms with E-state index in [0.29, 0.717) is 0 Å². The van der Waals surface area contributed by atoms with Gasteiger partial charge in [-0.15, -0.1) is 0 Å². The van der Waals surface area contributed by atoms with E-state index in [4.69, 9.17) is 4.42 Å². The van der Waals surface area contributed by atoms with Crippen LogP contribution in [0.3, 0.4) is 0 Å². The summed E-state index contributed by atoms with van der Waals surface area (Å²) in [4.78, 5) is 2.32. The Morgan fingerprint density at radius 3 is 1.73 bits per heavy atom. The summed E-state index contributed by atoms with van der Waals surface area (Å²) in [6.07, 6.45) is 0. The van der Waals surface area contributed by atoms with Gasteiger partial charge in [-0.05, 0) is 87.0 Å². The minimum absolute atomic E-state index is 0.444. The highest BCUT2D eigenvalue weighted by molar-refractivity contribution is 6.06. The van der Waals surface area contributed by atoms with E-state index in [1.54, 1.807) is 0 Å². The molecule has 240 valence electrons. The molecule has 1 aliphatic carbocycles. The van der Waals surface area contributed by atoms with Crippen LogP contribution in [-0.4, -0.2) is 0 Å². The summed E-state index contributed by atoms with van der Waals surface area (Å²) < 4.78 is 6.36. The van der Waals surface area contributed by atoms with Crippen molar-refractivity contribution < 1.29 is 4.42 Å². The maximum atomic E-state index is 6.36. The Morgan fingerprint density at radius 2 is 0.941 bits per heavy atom.